The van der Waals surface area contributed by atoms with Gasteiger partial charge in [-0.25, -0.2) is 0 Å². The molecule has 0 aliphatic heterocycles. The van der Waals surface area contributed by atoms with Crippen LogP contribution in [0.3, 0.4) is 0 Å². The van der Waals surface area contributed by atoms with Gasteiger partial charge >= 0.3 is 7.60 Å². The predicted molar refractivity (Wildman–Crippen MR) is 50.8 cm³/mol. The number of hydrogen-bond donors (Lipinski definition) is 2. The van der Waals surface area contributed by atoms with E-state index in [2.05, 4.69) is 0 Å². The molecule has 0 aliphatic carbocycles. The van der Waals surface area contributed by atoms with Crippen LogP contribution in [0.5, 0.6) is 0 Å². The van der Waals surface area contributed by atoms with E-state index in [1.54, 1.807) is 0 Å². The van der Waals surface area contributed by atoms with Gasteiger partial charge < -0.3 is 9.79 Å². The lowest BCUT2D eigenvalue weighted by Gasteiger charge is -2.03. The van der Waals surface area contributed by atoms with E-state index in [1.807, 2.05) is 0 Å². The Kier molecular flexibility index (Phi) is 6.24. The van der Waals surface area contributed by atoms with Gasteiger partial charge in [-0.3, -0.25) is 4.57 Å². The van der Waals surface area contributed by atoms with E-state index in [4.69, 9.17) is 33.0 Å². The van der Waals surface area contributed by atoms with Gasteiger partial charge in [0.25, 0.3) is 0 Å². The van der Waals surface area contributed by atoms with Crippen molar-refractivity contribution >= 4 is 30.8 Å². The number of halogens is 2. The van der Waals surface area contributed by atoms with Gasteiger partial charge in [-0.05, 0) is 12.8 Å². The summed E-state index contributed by atoms with van der Waals surface area (Å²) in [4.78, 5) is 17.2. The average Bonchev–Trinajstić information content (AvgIpc) is 1.84. The van der Waals surface area contributed by atoms with E-state index < -0.39 is 7.60 Å². The summed E-state index contributed by atoms with van der Waals surface area (Å²) in [5, 5.41) is 0. The van der Waals surface area contributed by atoms with Crippen molar-refractivity contribution < 1.29 is 14.4 Å². The molecular weight excluding hydrogens is 222 g/mol. The van der Waals surface area contributed by atoms with Crippen LogP contribution in [0, 0.1) is 0 Å². The van der Waals surface area contributed by atoms with Crippen LogP contribution in [0.2, 0.25) is 0 Å². The van der Waals surface area contributed by atoms with Gasteiger partial charge in [-0.2, -0.15) is 0 Å². The third kappa shape index (κ3) is 7.14. The standard InChI is InChI=1S/C6H11Cl2O3P/c7-3-1-6(2-4-8)5-12(9,10)11/h5H,1-4H2,(H2,9,10,11). The smallest absolute Gasteiger partial charge is 0.321 e. The fraction of sp³-hybridized carbons (Fsp3) is 0.667. The summed E-state index contributed by atoms with van der Waals surface area (Å²) >= 11 is 10.8. The van der Waals surface area contributed by atoms with Gasteiger partial charge in [0, 0.05) is 17.6 Å². The first kappa shape index (κ1) is 12.5. The van der Waals surface area contributed by atoms with Crippen LogP contribution in [0.1, 0.15) is 12.8 Å². The average molecular weight is 233 g/mol. The van der Waals surface area contributed by atoms with E-state index >= 15 is 0 Å². The van der Waals surface area contributed by atoms with Crippen LogP contribution in [0.4, 0.5) is 0 Å². The summed E-state index contributed by atoms with van der Waals surface area (Å²) in [6.07, 6.45) is 0.943. The minimum atomic E-state index is -4.06. The molecule has 72 valence electrons. The molecule has 0 spiro atoms. The lowest BCUT2D eigenvalue weighted by atomic mass is 10.2. The Balaban J connectivity index is 4.27. The first-order valence-electron chi connectivity index (χ1n) is 3.37. The highest BCUT2D eigenvalue weighted by molar-refractivity contribution is 7.55. The van der Waals surface area contributed by atoms with E-state index in [0.29, 0.717) is 30.2 Å². The molecule has 0 aromatic heterocycles. The SMILES string of the molecule is O=P(O)(O)C=C(CCCl)CCCl. The topological polar surface area (TPSA) is 57.5 Å². The molecule has 3 nitrogen and oxygen atoms in total. The molecule has 6 heteroatoms. The minimum absolute atomic E-state index is 0.350. The molecule has 0 aliphatic rings. The Bertz CT molecular complexity index is 191. The van der Waals surface area contributed by atoms with Gasteiger partial charge in [0.05, 0.1) is 0 Å². The normalized spacial score (nSPS) is 11.3. The largest absolute Gasteiger partial charge is 0.349 e. The van der Waals surface area contributed by atoms with Crippen molar-refractivity contribution in [2.24, 2.45) is 0 Å². The Hall–Kier alpha value is 0.470. The molecule has 12 heavy (non-hydrogen) atoms. The van der Waals surface area contributed by atoms with Gasteiger partial charge in [0.15, 0.2) is 0 Å². The molecule has 0 amide bonds. The van der Waals surface area contributed by atoms with Gasteiger partial charge in [0.2, 0.25) is 0 Å². The van der Waals surface area contributed by atoms with Gasteiger partial charge in [0.1, 0.15) is 0 Å². The molecule has 0 aromatic carbocycles. The summed E-state index contributed by atoms with van der Waals surface area (Å²) in [6.45, 7) is 0. The van der Waals surface area contributed by atoms with Crippen LogP contribution in [0.25, 0.3) is 0 Å². The molecule has 0 saturated heterocycles. The van der Waals surface area contributed by atoms with Crippen LogP contribution >= 0.6 is 30.8 Å². The molecule has 2 N–H and O–H groups in total. The zero-order chi connectivity index (χ0) is 9.61. The fourth-order valence-corrected chi connectivity index (χ4v) is 1.95. The molecule has 0 rings (SSSR count). The Morgan fingerprint density at radius 2 is 1.67 bits per heavy atom. The van der Waals surface area contributed by atoms with Crippen molar-refractivity contribution in [3.8, 4) is 0 Å². The summed E-state index contributed by atoms with van der Waals surface area (Å²) < 4.78 is 10.5. The van der Waals surface area contributed by atoms with Crippen LogP contribution in [-0.2, 0) is 4.57 Å². The van der Waals surface area contributed by atoms with Gasteiger partial charge in [-0.15, -0.1) is 23.2 Å². The summed E-state index contributed by atoms with van der Waals surface area (Å²) in [5.41, 5.74) is 0.619. The zero-order valence-corrected chi connectivity index (χ0v) is 8.82. The summed E-state index contributed by atoms with van der Waals surface area (Å²) in [6, 6.07) is 0. The van der Waals surface area contributed by atoms with Crippen molar-refractivity contribution in [2.75, 3.05) is 11.8 Å². The van der Waals surface area contributed by atoms with Crippen LogP contribution < -0.4 is 0 Å². The van der Waals surface area contributed by atoms with E-state index in [9.17, 15) is 4.57 Å². The molecule has 0 atom stereocenters. The highest BCUT2D eigenvalue weighted by Gasteiger charge is 2.09. The zero-order valence-electron chi connectivity index (χ0n) is 6.41. The maximum Gasteiger partial charge on any atom is 0.349 e. The Morgan fingerprint density at radius 1 is 1.25 bits per heavy atom. The highest BCUT2D eigenvalue weighted by atomic mass is 35.5. The Morgan fingerprint density at radius 3 is 1.92 bits per heavy atom. The molecule has 0 heterocycles. The maximum absolute atomic E-state index is 10.5. The van der Waals surface area contributed by atoms with Crippen LogP contribution in [0.15, 0.2) is 11.4 Å². The maximum atomic E-state index is 10.5. The second-order valence-electron chi connectivity index (χ2n) is 2.25. The predicted octanol–water partition coefficient (Wildman–Crippen LogP) is 2.31. The first-order valence-corrected chi connectivity index (χ1v) is 6.12. The lowest BCUT2D eigenvalue weighted by molar-refractivity contribution is 0.385. The van der Waals surface area contributed by atoms with E-state index in [-0.39, 0.29) is 0 Å². The number of allylic oxidation sites excluding steroid dienone is 1. The van der Waals surface area contributed by atoms with Crippen molar-refractivity contribution in [1.29, 1.82) is 0 Å². The quantitative estimate of drug-likeness (QED) is 0.565. The third-order valence-corrected chi connectivity index (χ3v) is 2.26. The number of hydrogen-bond acceptors (Lipinski definition) is 1. The molecule has 0 bridgehead atoms. The molecule has 0 saturated carbocycles. The summed E-state index contributed by atoms with van der Waals surface area (Å²) in [7, 11) is -4.06. The number of alkyl halides is 2. The van der Waals surface area contributed by atoms with E-state index in [1.165, 1.54) is 0 Å². The van der Waals surface area contributed by atoms with E-state index in [0.717, 1.165) is 5.82 Å². The Labute approximate surface area is 81.5 Å². The summed E-state index contributed by atoms with van der Waals surface area (Å²) in [5.74, 6) is 1.64. The number of rotatable bonds is 5. The van der Waals surface area contributed by atoms with Crippen molar-refractivity contribution in [2.45, 2.75) is 12.8 Å². The fourth-order valence-electron chi connectivity index (χ4n) is 0.735. The lowest BCUT2D eigenvalue weighted by Crippen LogP contribution is -1.87. The first-order chi connectivity index (χ1) is 5.49. The monoisotopic (exact) mass is 232 g/mol. The van der Waals surface area contributed by atoms with Crippen molar-refractivity contribution in [3.63, 3.8) is 0 Å². The van der Waals surface area contributed by atoms with Gasteiger partial charge in [-0.1, -0.05) is 5.57 Å². The van der Waals surface area contributed by atoms with Crippen molar-refractivity contribution in [1.82, 2.24) is 0 Å². The third-order valence-electron chi connectivity index (χ3n) is 1.18. The molecule has 0 unspecified atom stereocenters. The highest BCUT2D eigenvalue weighted by Crippen LogP contribution is 2.38. The second-order valence-corrected chi connectivity index (χ2v) is 4.45. The molecule has 0 radical (unpaired) electrons. The molecule has 0 aromatic rings. The minimum Gasteiger partial charge on any atom is -0.321 e. The molecular formula is C6H11Cl2O3P. The van der Waals surface area contributed by atoms with Crippen molar-refractivity contribution in [3.05, 3.63) is 11.4 Å². The second kappa shape index (κ2) is 6.01. The molecule has 0 fully saturated rings. The van der Waals surface area contributed by atoms with Crippen LogP contribution in [-0.4, -0.2) is 21.5 Å².